The Morgan fingerprint density at radius 2 is 0.553 bits per heavy atom. The first-order chi connectivity index (χ1) is 42.0. The van der Waals surface area contributed by atoms with Crippen LogP contribution < -0.4 is 5.32 Å². The van der Waals surface area contributed by atoms with Crippen LogP contribution in [0.2, 0.25) is 0 Å². The molecular weight excluding hydrogens is 1040 g/mol. The Hall–Kier alpha value is -1.92. The molecule has 0 aromatic carbocycles. The van der Waals surface area contributed by atoms with Gasteiger partial charge in [0.05, 0.1) is 25.4 Å². The Morgan fingerprint density at radius 1 is 0.318 bits per heavy atom. The molecule has 2 unspecified atom stereocenters. The standard InChI is InChI=1S/C79H151NO5/c1-3-5-7-9-11-13-15-17-19-21-36-40-43-47-51-55-59-63-67-71-77(82)76(75-81)80-78(83)72-68-64-60-56-52-48-44-41-37-34-32-30-28-26-24-22-23-25-27-29-31-33-35-38-42-46-50-54-58-62-66-70-74-85-79(84)73-69-65-61-57-53-49-45-39-20-18-16-14-12-10-8-6-4-2/h18,20,25,27,67,71,76-77,81-82H,3-17,19,21-24,26,28-66,68-70,72-75H2,1-2H3,(H,80,83)/b20-18-,27-25-,71-67+. The lowest BCUT2D eigenvalue weighted by Gasteiger charge is -2.20. The lowest BCUT2D eigenvalue weighted by Crippen LogP contribution is -2.45. The van der Waals surface area contributed by atoms with Gasteiger partial charge in [0.1, 0.15) is 0 Å². The smallest absolute Gasteiger partial charge is 0.305 e. The molecular formula is C79H151NO5. The number of unbranched alkanes of at least 4 members (excludes halogenated alkanes) is 58. The lowest BCUT2D eigenvalue weighted by atomic mass is 10.0. The van der Waals surface area contributed by atoms with Gasteiger partial charge in [-0.25, -0.2) is 0 Å². The Labute approximate surface area is 532 Å². The summed E-state index contributed by atoms with van der Waals surface area (Å²) < 4.78 is 5.51. The fourth-order valence-corrected chi connectivity index (χ4v) is 12.2. The van der Waals surface area contributed by atoms with Crippen LogP contribution in [-0.2, 0) is 14.3 Å². The van der Waals surface area contributed by atoms with Crippen LogP contribution in [0.3, 0.4) is 0 Å². The molecule has 0 heterocycles. The van der Waals surface area contributed by atoms with Crippen LogP contribution >= 0.6 is 0 Å². The zero-order valence-electron chi connectivity index (χ0n) is 57.6. The minimum absolute atomic E-state index is 0.0153. The number of amides is 1. The van der Waals surface area contributed by atoms with Crippen LogP contribution in [0.4, 0.5) is 0 Å². The minimum atomic E-state index is -0.844. The van der Waals surface area contributed by atoms with Crippen LogP contribution in [0.25, 0.3) is 0 Å². The first-order valence-electron chi connectivity index (χ1n) is 38.8. The Bertz CT molecular complexity index is 1380. The van der Waals surface area contributed by atoms with Crippen LogP contribution in [0.1, 0.15) is 431 Å². The van der Waals surface area contributed by atoms with E-state index in [1.54, 1.807) is 6.08 Å². The van der Waals surface area contributed by atoms with Gasteiger partial charge < -0.3 is 20.3 Å². The highest BCUT2D eigenvalue weighted by Crippen LogP contribution is 2.19. The highest BCUT2D eigenvalue weighted by Gasteiger charge is 2.18. The number of aliphatic hydroxyl groups is 2. The van der Waals surface area contributed by atoms with Crippen molar-refractivity contribution >= 4 is 11.9 Å². The zero-order valence-corrected chi connectivity index (χ0v) is 57.6. The minimum Gasteiger partial charge on any atom is -0.466 e. The lowest BCUT2D eigenvalue weighted by molar-refractivity contribution is -0.143. The molecule has 502 valence electrons. The third kappa shape index (κ3) is 71.0. The Kier molecular flexibility index (Phi) is 72.9. The summed E-state index contributed by atoms with van der Waals surface area (Å²) >= 11 is 0. The van der Waals surface area contributed by atoms with E-state index < -0.39 is 12.1 Å². The van der Waals surface area contributed by atoms with Gasteiger partial charge in [0.2, 0.25) is 5.91 Å². The summed E-state index contributed by atoms with van der Waals surface area (Å²) in [4.78, 5) is 24.6. The number of nitrogens with one attached hydrogen (secondary N) is 1. The molecule has 0 saturated carbocycles. The molecule has 85 heavy (non-hydrogen) atoms. The number of ether oxygens (including phenoxy) is 1. The number of aliphatic hydroxyl groups excluding tert-OH is 2. The summed E-state index contributed by atoms with van der Waals surface area (Å²) in [6.45, 7) is 4.94. The largest absolute Gasteiger partial charge is 0.466 e. The molecule has 0 spiro atoms. The third-order valence-electron chi connectivity index (χ3n) is 18.1. The molecule has 0 rings (SSSR count). The average Bonchev–Trinajstić information content (AvgIpc) is 3.51. The predicted molar refractivity (Wildman–Crippen MR) is 375 cm³/mol. The second-order valence-electron chi connectivity index (χ2n) is 26.7. The molecule has 1 amide bonds. The maximum Gasteiger partial charge on any atom is 0.305 e. The normalized spacial score (nSPS) is 12.7. The second-order valence-corrected chi connectivity index (χ2v) is 26.7. The number of hydrogen-bond donors (Lipinski definition) is 3. The molecule has 0 saturated heterocycles. The zero-order chi connectivity index (χ0) is 61.3. The van der Waals surface area contributed by atoms with Crippen molar-refractivity contribution in [3.63, 3.8) is 0 Å². The molecule has 6 heteroatoms. The Morgan fingerprint density at radius 3 is 0.835 bits per heavy atom. The van der Waals surface area contributed by atoms with Gasteiger partial charge >= 0.3 is 5.97 Å². The Balaban J connectivity index is 3.37. The molecule has 0 aliphatic heterocycles. The first-order valence-corrected chi connectivity index (χ1v) is 38.8. The van der Waals surface area contributed by atoms with Gasteiger partial charge in [0.15, 0.2) is 0 Å². The summed E-state index contributed by atoms with van der Waals surface area (Å²) in [5.41, 5.74) is 0. The molecule has 0 aliphatic carbocycles. The predicted octanol–water partition coefficient (Wildman–Crippen LogP) is 25.4. The molecule has 0 aliphatic rings. The quantitative estimate of drug-likeness (QED) is 0.0320. The first kappa shape index (κ1) is 83.1. The van der Waals surface area contributed by atoms with Gasteiger partial charge in [-0.1, -0.05) is 371 Å². The van der Waals surface area contributed by atoms with E-state index in [1.165, 1.54) is 360 Å². The van der Waals surface area contributed by atoms with E-state index in [2.05, 4.69) is 43.5 Å². The van der Waals surface area contributed by atoms with E-state index in [-0.39, 0.29) is 18.5 Å². The molecule has 6 nitrogen and oxygen atoms in total. The third-order valence-corrected chi connectivity index (χ3v) is 18.1. The number of allylic oxidation sites excluding steroid dienone is 5. The SMILES string of the molecule is CCCCCCCC/C=C\CCCCCCCCCC(=O)OCCCCCCCCCCCCCC/C=C\CCCCCCCCCCCCCCCCCCC(=O)NC(CO)C(O)/C=C/CCCCCCCCCCCCCCCCCCC. The summed E-state index contributed by atoms with van der Waals surface area (Å²) in [5, 5.41) is 23.3. The fraction of sp³-hybridized carbons (Fsp3) is 0.899. The van der Waals surface area contributed by atoms with E-state index in [0.29, 0.717) is 19.4 Å². The molecule has 0 radical (unpaired) electrons. The van der Waals surface area contributed by atoms with Crippen LogP contribution in [-0.4, -0.2) is 47.4 Å². The van der Waals surface area contributed by atoms with Gasteiger partial charge in [-0.05, 0) is 83.5 Å². The van der Waals surface area contributed by atoms with Crippen molar-refractivity contribution in [1.29, 1.82) is 0 Å². The van der Waals surface area contributed by atoms with Crippen molar-refractivity contribution < 1.29 is 24.5 Å². The highest BCUT2D eigenvalue weighted by molar-refractivity contribution is 5.76. The van der Waals surface area contributed by atoms with E-state index in [0.717, 1.165) is 44.9 Å². The number of hydrogen-bond acceptors (Lipinski definition) is 5. The molecule has 3 N–H and O–H groups in total. The number of carbonyl (C=O) groups is 2. The molecule has 0 aromatic rings. The van der Waals surface area contributed by atoms with Gasteiger partial charge in [-0.2, -0.15) is 0 Å². The summed E-state index contributed by atoms with van der Waals surface area (Å²) in [5.74, 6) is -0.0462. The van der Waals surface area contributed by atoms with Gasteiger partial charge in [0, 0.05) is 12.8 Å². The highest BCUT2D eigenvalue weighted by atomic mass is 16.5. The van der Waals surface area contributed by atoms with Crippen LogP contribution in [0.5, 0.6) is 0 Å². The van der Waals surface area contributed by atoms with E-state index in [1.807, 2.05) is 6.08 Å². The summed E-state index contributed by atoms with van der Waals surface area (Å²) in [6, 6.07) is -0.627. The van der Waals surface area contributed by atoms with E-state index >= 15 is 0 Å². The van der Waals surface area contributed by atoms with Crippen molar-refractivity contribution in [2.75, 3.05) is 13.2 Å². The van der Waals surface area contributed by atoms with Crippen molar-refractivity contribution in [2.45, 2.75) is 443 Å². The van der Waals surface area contributed by atoms with Gasteiger partial charge in [0.25, 0.3) is 0 Å². The molecule has 0 fully saturated rings. The summed E-state index contributed by atoms with van der Waals surface area (Å²) in [6.07, 6.45) is 96.8. The van der Waals surface area contributed by atoms with Crippen molar-refractivity contribution in [1.82, 2.24) is 5.32 Å². The van der Waals surface area contributed by atoms with Crippen molar-refractivity contribution in [3.8, 4) is 0 Å². The van der Waals surface area contributed by atoms with E-state index in [9.17, 15) is 19.8 Å². The monoisotopic (exact) mass is 1190 g/mol. The fourth-order valence-electron chi connectivity index (χ4n) is 12.2. The number of carbonyl (C=O) groups excluding carboxylic acids is 2. The topological polar surface area (TPSA) is 95.9 Å². The van der Waals surface area contributed by atoms with Gasteiger partial charge in [-0.3, -0.25) is 9.59 Å². The average molecular weight is 1200 g/mol. The van der Waals surface area contributed by atoms with Crippen LogP contribution in [0, 0.1) is 0 Å². The van der Waals surface area contributed by atoms with Gasteiger partial charge in [-0.15, -0.1) is 0 Å². The number of rotatable bonds is 73. The summed E-state index contributed by atoms with van der Waals surface area (Å²) in [7, 11) is 0. The molecule has 0 aromatic heterocycles. The maximum atomic E-state index is 12.5. The maximum absolute atomic E-state index is 12.5. The van der Waals surface area contributed by atoms with Crippen LogP contribution in [0.15, 0.2) is 36.5 Å². The molecule has 0 bridgehead atoms. The number of esters is 1. The van der Waals surface area contributed by atoms with Crippen molar-refractivity contribution in [3.05, 3.63) is 36.5 Å². The molecule has 2 atom stereocenters. The van der Waals surface area contributed by atoms with Crippen molar-refractivity contribution in [2.24, 2.45) is 0 Å². The van der Waals surface area contributed by atoms with E-state index in [4.69, 9.17) is 4.74 Å². The second kappa shape index (κ2) is 74.5.